The molecular formula is C12H13BrF3NO2S. The minimum Gasteiger partial charge on any atom is -0.431 e. The first kappa shape index (κ1) is 17.2. The molecule has 1 aromatic carbocycles. The number of ether oxygens (including phenoxy) is 1. The number of hydrogen-bond acceptors (Lipinski definition) is 2. The van der Waals surface area contributed by atoms with Gasteiger partial charge < -0.3 is 4.74 Å². The molecule has 0 aliphatic rings. The molecule has 1 atom stereocenters. The highest BCUT2D eigenvalue weighted by atomic mass is 79.9. The van der Waals surface area contributed by atoms with Gasteiger partial charge in [-0.25, -0.2) is 8.60 Å². The van der Waals surface area contributed by atoms with Crippen LogP contribution in [0.5, 0.6) is 5.75 Å². The van der Waals surface area contributed by atoms with Gasteiger partial charge in [0, 0.05) is 10.7 Å². The molecule has 0 aliphatic carbocycles. The molecule has 0 aliphatic heterocycles. The molecule has 0 bridgehead atoms. The molecule has 0 heterocycles. The van der Waals surface area contributed by atoms with Crippen LogP contribution in [0.15, 0.2) is 21.0 Å². The first-order valence-corrected chi connectivity index (χ1v) is 7.41. The summed E-state index contributed by atoms with van der Waals surface area (Å²) in [6, 6.07) is 2.31. The van der Waals surface area contributed by atoms with Crippen molar-refractivity contribution in [2.24, 2.45) is 4.40 Å². The zero-order valence-corrected chi connectivity index (χ0v) is 13.4. The maximum Gasteiger partial charge on any atom is 0.387 e. The van der Waals surface area contributed by atoms with Crippen LogP contribution in [0.1, 0.15) is 26.3 Å². The van der Waals surface area contributed by atoms with Crippen molar-refractivity contribution in [1.82, 2.24) is 0 Å². The van der Waals surface area contributed by atoms with E-state index in [0.29, 0.717) is 4.47 Å². The van der Waals surface area contributed by atoms with Gasteiger partial charge >= 0.3 is 6.61 Å². The van der Waals surface area contributed by atoms with Gasteiger partial charge in [0.1, 0.15) is 11.0 Å². The van der Waals surface area contributed by atoms with Crippen molar-refractivity contribution in [1.29, 1.82) is 0 Å². The van der Waals surface area contributed by atoms with Crippen molar-refractivity contribution < 1.29 is 22.1 Å². The normalized spacial score (nSPS) is 14.0. The first-order valence-electron chi connectivity index (χ1n) is 5.52. The molecule has 3 nitrogen and oxygen atoms in total. The number of rotatable bonds is 4. The van der Waals surface area contributed by atoms with Crippen LogP contribution in [-0.4, -0.2) is 21.8 Å². The number of nitrogens with zero attached hydrogens (tertiary/aromatic N) is 1. The molecule has 1 unspecified atom stereocenters. The molecule has 0 aromatic heterocycles. The zero-order valence-electron chi connectivity index (χ0n) is 11.0. The second-order valence-corrected chi connectivity index (χ2v) is 7.53. The van der Waals surface area contributed by atoms with Crippen LogP contribution in [0.4, 0.5) is 13.2 Å². The van der Waals surface area contributed by atoms with Gasteiger partial charge in [0.15, 0.2) is 11.6 Å². The molecular weight excluding hydrogens is 359 g/mol. The van der Waals surface area contributed by atoms with Crippen LogP contribution in [0.25, 0.3) is 0 Å². The Morgan fingerprint density at radius 1 is 1.40 bits per heavy atom. The van der Waals surface area contributed by atoms with Crippen molar-refractivity contribution in [2.75, 3.05) is 0 Å². The van der Waals surface area contributed by atoms with E-state index in [1.807, 2.05) is 0 Å². The third-order valence-corrected chi connectivity index (χ3v) is 4.14. The van der Waals surface area contributed by atoms with Crippen LogP contribution in [-0.2, 0) is 11.0 Å². The summed E-state index contributed by atoms with van der Waals surface area (Å²) in [6.07, 6.45) is 1.06. The van der Waals surface area contributed by atoms with Gasteiger partial charge in [0.05, 0.1) is 10.3 Å². The maximum absolute atomic E-state index is 13.5. The summed E-state index contributed by atoms with van der Waals surface area (Å²) in [5.41, 5.74) is -0.0251. The minimum atomic E-state index is -3.17. The van der Waals surface area contributed by atoms with E-state index in [1.165, 1.54) is 6.07 Å². The van der Waals surface area contributed by atoms with Crippen LogP contribution in [0.2, 0.25) is 0 Å². The van der Waals surface area contributed by atoms with Crippen LogP contribution < -0.4 is 4.74 Å². The van der Waals surface area contributed by atoms with Crippen molar-refractivity contribution in [3.8, 4) is 5.75 Å². The maximum atomic E-state index is 13.5. The summed E-state index contributed by atoms with van der Waals surface area (Å²) in [5, 5.41) is 0. The third kappa shape index (κ3) is 4.59. The van der Waals surface area contributed by atoms with Gasteiger partial charge in [-0.3, -0.25) is 0 Å². The van der Waals surface area contributed by atoms with Gasteiger partial charge in [-0.05, 0) is 48.8 Å². The fourth-order valence-corrected chi connectivity index (χ4v) is 2.07. The summed E-state index contributed by atoms with van der Waals surface area (Å²) < 4.78 is 57.5. The number of halogens is 4. The standard InChI is InChI=1S/C12H13BrF3NO2S/c1-12(2,3)20(18)17-6-7-8(13)4-5-9(14)10(7)19-11(15)16/h4-6,11H,1-3H3/b17-6+. The summed E-state index contributed by atoms with van der Waals surface area (Å²) >= 11 is 3.09. The van der Waals surface area contributed by atoms with Gasteiger partial charge in [-0.1, -0.05) is 0 Å². The highest BCUT2D eigenvalue weighted by Gasteiger charge is 2.20. The van der Waals surface area contributed by atoms with E-state index in [1.54, 1.807) is 20.8 Å². The van der Waals surface area contributed by atoms with E-state index < -0.39 is 33.9 Å². The lowest BCUT2D eigenvalue weighted by atomic mass is 10.2. The van der Waals surface area contributed by atoms with E-state index in [4.69, 9.17) is 0 Å². The predicted octanol–water partition coefficient (Wildman–Crippen LogP) is 4.07. The van der Waals surface area contributed by atoms with Crippen LogP contribution >= 0.6 is 15.9 Å². The van der Waals surface area contributed by atoms with E-state index in [2.05, 4.69) is 25.1 Å². The summed E-state index contributed by atoms with van der Waals surface area (Å²) in [7, 11) is -1.59. The summed E-state index contributed by atoms with van der Waals surface area (Å²) in [4.78, 5) is 0. The molecule has 0 amide bonds. The van der Waals surface area contributed by atoms with Crippen LogP contribution in [0, 0.1) is 5.82 Å². The molecule has 8 heteroatoms. The van der Waals surface area contributed by atoms with Crippen molar-refractivity contribution in [3.05, 3.63) is 28.0 Å². The van der Waals surface area contributed by atoms with Crippen molar-refractivity contribution in [2.45, 2.75) is 32.1 Å². The highest BCUT2D eigenvalue weighted by Crippen LogP contribution is 2.30. The molecule has 0 saturated carbocycles. The van der Waals surface area contributed by atoms with Gasteiger partial charge in [-0.15, -0.1) is 0 Å². The topological polar surface area (TPSA) is 38.7 Å². The van der Waals surface area contributed by atoms with Gasteiger partial charge in [0.2, 0.25) is 0 Å². The van der Waals surface area contributed by atoms with E-state index >= 15 is 0 Å². The van der Waals surface area contributed by atoms with Gasteiger partial charge in [-0.2, -0.15) is 13.2 Å². The second-order valence-electron chi connectivity index (χ2n) is 4.75. The number of benzene rings is 1. The fraction of sp³-hybridized carbons (Fsp3) is 0.417. The smallest absolute Gasteiger partial charge is 0.387 e. The molecule has 0 spiro atoms. The first-order chi connectivity index (χ1) is 9.12. The molecule has 0 fully saturated rings. The Kier molecular flexibility index (Phi) is 5.76. The Morgan fingerprint density at radius 3 is 2.50 bits per heavy atom. The van der Waals surface area contributed by atoms with Crippen LogP contribution in [0.3, 0.4) is 0 Å². The molecule has 0 N–H and O–H groups in total. The summed E-state index contributed by atoms with van der Waals surface area (Å²) in [6.45, 7) is 1.95. The predicted molar refractivity (Wildman–Crippen MR) is 76.2 cm³/mol. The lowest BCUT2D eigenvalue weighted by Gasteiger charge is -2.14. The Hall–Kier alpha value is -0.890. The molecule has 112 valence electrons. The van der Waals surface area contributed by atoms with Crippen molar-refractivity contribution >= 4 is 33.1 Å². The van der Waals surface area contributed by atoms with E-state index in [-0.39, 0.29) is 5.56 Å². The van der Waals surface area contributed by atoms with Crippen molar-refractivity contribution in [3.63, 3.8) is 0 Å². The van der Waals surface area contributed by atoms with E-state index in [0.717, 1.165) is 12.3 Å². The number of hydrogen-bond donors (Lipinski definition) is 0. The quantitative estimate of drug-likeness (QED) is 0.748. The molecule has 1 aromatic rings. The molecule has 0 radical (unpaired) electrons. The number of alkyl halides is 2. The van der Waals surface area contributed by atoms with E-state index in [9.17, 15) is 17.4 Å². The largest absolute Gasteiger partial charge is 0.431 e. The summed E-state index contributed by atoms with van der Waals surface area (Å²) in [5.74, 6) is -1.58. The Balaban J connectivity index is 3.20. The lowest BCUT2D eigenvalue weighted by Crippen LogP contribution is -2.19. The monoisotopic (exact) mass is 371 g/mol. The molecule has 0 saturated heterocycles. The highest BCUT2D eigenvalue weighted by molar-refractivity contribution is 9.10. The average molecular weight is 372 g/mol. The molecule has 1 rings (SSSR count). The molecule has 20 heavy (non-hydrogen) atoms. The Bertz CT molecular complexity index is 544. The lowest BCUT2D eigenvalue weighted by molar-refractivity contribution is -0.0523. The third-order valence-electron chi connectivity index (χ3n) is 2.10. The fourth-order valence-electron chi connectivity index (χ4n) is 1.14. The van der Waals surface area contributed by atoms with Gasteiger partial charge in [0.25, 0.3) is 0 Å². The minimum absolute atomic E-state index is 0.0251. The Morgan fingerprint density at radius 2 is 2.00 bits per heavy atom. The SMILES string of the molecule is CC(C)(C)S(=O)/N=C/c1c(Br)ccc(F)c1OC(F)F. The Labute approximate surface area is 126 Å². The second kappa shape index (κ2) is 6.71. The average Bonchev–Trinajstić information content (AvgIpc) is 2.31. The zero-order chi connectivity index (χ0) is 15.5.